The molecular weight excluding hydrogens is 399 g/mol. The zero-order chi connectivity index (χ0) is 15.0. The average molecular weight is 428 g/mol. The van der Waals surface area contributed by atoms with Crippen molar-refractivity contribution in [2.75, 3.05) is 5.43 Å². The molecule has 2 N–H and O–H groups in total. The molecular formula is C18H29IN4. The molecule has 0 radical (unpaired) electrons. The Morgan fingerprint density at radius 1 is 0.826 bits per heavy atom. The molecule has 2 aliphatic carbocycles. The number of guanidine groups is 1. The van der Waals surface area contributed by atoms with E-state index in [1.165, 1.54) is 64.2 Å². The Bertz CT molecular complexity index is 465. The van der Waals surface area contributed by atoms with E-state index < -0.39 is 0 Å². The highest BCUT2D eigenvalue weighted by Crippen LogP contribution is 2.21. The number of aromatic nitrogens is 1. The fourth-order valence-corrected chi connectivity index (χ4v) is 3.53. The van der Waals surface area contributed by atoms with Gasteiger partial charge >= 0.3 is 0 Å². The number of nitrogens with zero attached hydrogens (tertiary/aromatic N) is 2. The fourth-order valence-electron chi connectivity index (χ4n) is 3.53. The molecule has 0 aromatic carbocycles. The molecule has 5 heteroatoms. The zero-order valence-electron chi connectivity index (χ0n) is 13.9. The molecule has 23 heavy (non-hydrogen) atoms. The van der Waals surface area contributed by atoms with E-state index in [-0.39, 0.29) is 24.0 Å². The van der Waals surface area contributed by atoms with Crippen LogP contribution in [0, 0.1) is 0 Å². The van der Waals surface area contributed by atoms with Gasteiger partial charge in [-0.15, -0.1) is 5.43 Å². The van der Waals surface area contributed by atoms with E-state index >= 15 is 0 Å². The number of rotatable bonds is 3. The molecule has 2 fully saturated rings. The van der Waals surface area contributed by atoms with Crippen LogP contribution < -0.4 is 39.4 Å². The maximum absolute atomic E-state index is 5.00. The Morgan fingerprint density at radius 3 is 2.09 bits per heavy atom. The van der Waals surface area contributed by atoms with Gasteiger partial charge < -0.3 is 29.3 Å². The lowest BCUT2D eigenvalue weighted by atomic mass is 9.95. The first-order valence-electron chi connectivity index (χ1n) is 8.98. The van der Waals surface area contributed by atoms with Crippen molar-refractivity contribution < 1.29 is 28.7 Å². The van der Waals surface area contributed by atoms with Gasteiger partial charge in [0.25, 0.3) is 0 Å². The van der Waals surface area contributed by atoms with Crippen LogP contribution in [0.15, 0.2) is 35.6 Å². The van der Waals surface area contributed by atoms with Gasteiger partial charge in [0.1, 0.15) is 0 Å². The van der Waals surface area contributed by atoms with Gasteiger partial charge in [0.15, 0.2) is 12.4 Å². The second kappa shape index (κ2) is 10.1. The lowest BCUT2D eigenvalue weighted by Gasteiger charge is -2.25. The lowest BCUT2D eigenvalue weighted by Crippen LogP contribution is -3.00. The number of pyridine rings is 1. The molecule has 0 saturated heterocycles. The predicted molar refractivity (Wildman–Crippen MR) is 90.3 cm³/mol. The van der Waals surface area contributed by atoms with Gasteiger partial charge in [-0.1, -0.05) is 49.3 Å². The first-order chi connectivity index (χ1) is 10.9. The van der Waals surface area contributed by atoms with Crippen LogP contribution in [0.4, 0.5) is 0 Å². The van der Waals surface area contributed by atoms with Gasteiger partial charge in [-0.05, 0) is 25.7 Å². The van der Waals surface area contributed by atoms with Gasteiger partial charge in [0.05, 0.1) is 6.04 Å². The predicted octanol–water partition coefficient (Wildman–Crippen LogP) is 0.133. The van der Waals surface area contributed by atoms with Gasteiger partial charge in [0.2, 0.25) is 5.96 Å². The highest BCUT2D eigenvalue weighted by atomic mass is 127. The lowest BCUT2D eigenvalue weighted by molar-refractivity contribution is -0.640. The Balaban J connectivity index is 0.00000192. The molecule has 4 nitrogen and oxygen atoms in total. The van der Waals surface area contributed by atoms with Crippen molar-refractivity contribution >= 4 is 5.96 Å². The van der Waals surface area contributed by atoms with Crippen LogP contribution in [-0.4, -0.2) is 18.0 Å². The third kappa shape index (κ3) is 6.28. The molecule has 0 bridgehead atoms. The van der Waals surface area contributed by atoms with Crippen molar-refractivity contribution in [1.29, 1.82) is 0 Å². The summed E-state index contributed by atoms with van der Waals surface area (Å²) in [5.74, 6) is 0.954. The first kappa shape index (κ1) is 18.5. The zero-order valence-corrected chi connectivity index (χ0v) is 16.0. The molecule has 1 heterocycles. The minimum atomic E-state index is 0. The van der Waals surface area contributed by atoms with Crippen LogP contribution in [0.25, 0.3) is 0 Å². The molecule has 0 unspecified atom stereocenters. The molecule has 128 valence electrons. The highest BCUT2D eigenvalue weighted by molar-refractivity contribution is 5.86. The summed E-state index contributed by atoms with van der Waals surface area (Å²) in [6.07, 6.45) is 17.1. The van der Waals surface area contributed by atoms with E-state index in [1.807, 2.05) is 35.3 Å². The highest BCUT2D eigenvalue weighted by Gasteiger charge is 2.19. The number of halogens is 1. The molecule has 0 atom stereocenters. The topological polar surface area (TPSA) is 40.3 Å². The van der Waals surface area contributed by atoms with Gasteiger partial charge in [-0.3, -0.25) is 0 Å². The maximum Gasteiger partial charge on any atom is 0.249 e. The number of aliphatic imine (C=N–C) groups is 1. The van der Waals surface area contributed by atoms with E-state index in [2.05, 4.69) is 10.7 Å². The van der Waals surface area contributed by atoms with Crippen molar-refractivity contribution in [3.05, 3.63) is 30.6 Å². The van der Waals surface area contributed by atoms with E-state index in [4.69, 9.17) is 4.99 Å². The largest absolute Gasteiger partial charge is 1.00 e. The summed E-state index contributed by atoms with van der Waals surface area (Å²) < 4.78 is 1.98. The molecule has 0 amide bonds. The molecule has 3 rings (SSSR count). The first-order valence-corrected chi connectivity index (χ1v) is 8.98. The van der Waals surface area contributed by atoms with Crippen molar-refractivity contribution in [2.45, 2.75) is 76.3 Å². The monoisotopic (exact) mass is 428 g/mol. The molecule has 2 aliphatic rings. The van der Waals surface area contributed by atoms with Crippen molar-refractivity contribution in [2.24, 2.45) is 4.99 Å². The number of nitrogens with one attached hydrogen (secondary N) is 2. The summed E-state index contributed by atoms with van der Waals surface area (Å²) in [6.45, 7) is 0. The second-order valence-electron chi connectivity index (χ2n) is 6.64. The van der Waals surface area contributed by atoms with Crippen LogP contribution in [0.2, 0.25) is 0 Å². The van der Waals surface area contributed by atoms with Crippen LogP contribution in [0.1, 0.15) is 64.2 Å². The quantitative estimate of drug-likeness (QED) is 0.311. The van der Waals surface area contributed by atoms with Crippen LogP contribution in [0.5, 0.6) is 0 Å². The van der Waals surface area contributed by atoms with E-state index in [1.54, 1.807) is 0 Å². The number of hydrogen-bond acceptors (Lipinski definition) is 1. The molecule has 1 aromatic heterocycles. The molecule has 1 aromatic rings. The van der Waals surface area contributed by atoms with E-state index in [0.29, 0.717) is 12.1 Å². The van der Waals surface area contributed by atoms with Gasteiger partial charge in [-0.2, -0.15) is 0 Å². The molecule has 0 aliphatic heterocycles. The van der Waals surface area contributed by atoms with Crippen molar-refractivity contribution in [1.82, 2.24) is 5.32 Å². The summed E-state index contributed by atoms with van der Waals surface area (Å²) >= 11 is 0. The van der Waals surface area contributed by atoms with Crippen LogP contribution in [0.3, 0.4) is 0 Å². The Kier molecular flexibility index (Phi) is 8.12. The summed E-state index contributed by atoms with van der Waals surface area (Å²) in [4.78, 5) is 5.00. The fraction of sp³-hybridized carbons (Fsp3) is 0.667. The minimum absolute atomic E-state index is 0. The smallest absolute Gasteiger partial charge is 0.249 e. The van der Waals surface area contributed by atoms with Crippen LogP contribution in [-0.2, 0) is 0 Å². The summed E-state index contributed by atoms with van der Waals surface area (Å²) in [6, 6.07) is 7.16. The molecule has 0 spiro atoms. The Labute approximate surface area is 157 Å². The maximum atomic E-state index is 5.00. The number of hydrogen-bond donors (Lipinski definition) is 2. The summed E-state index contributed by atoms with van der Waals surface area (Å²) in [5.41, 5.74) is 3.43. The minimum Gasteiger partial charge on any atom is -1.00 e. The van der Waals surface area contributed by atoms with Gasteiger partial charge in [0, 0.05) is 18.2 Å². The van der Waals surface area contributed by atoms with E-state index in [0.717, 1.165) is 5.96 Å². The van der Waals surface area contributed by atoms with Crippen LogP contribution >= 0.6 is 0 Å². The Morgan fingerprint density at radius 2 is 1.43 bits per heavy atom. The Hall–Kier alpha value is -0.850. The van der Waals surface area contributed by atoms with Crippen molar-refractivity contribution in [3.63, 3.8) is 0 Å². The van der Waals surface area contributed by atoms with E-state index in [9.17, 15) is 0 Å². The second-order valence-corrected chi connectivity index (χ2v) is 6.64. The standard InChI is InChI=1S/C18H29N4.HI/c1-4-10-16(11-5-1)19-18(20-17-12-6-2-7-13-17)21-22-14-8-3-9-15-22;/h3,8-9,14-17H,1-2,4-7,10-13H2,(H2,19,20,21);1H/q+1;/p-1. The normalized spacial score (nSPS) is 20.6. The molecule has 2 saturated carbocycles. The summed E-state index contributed by atoms with van der Waals surface area (Å²) in [7, 11) is 0. The third-order valence-corrected chi connectivity index (χ3v) is 4.78. The SMILES string of the molecule is [I-].c1cc[n+](NC(=NC2CCCCC2)NC2CCCCC2)cc1. The third-order valence-electron chi connectivity index (χ3n) is 4.78. The van der Waals surface area contributed by atoms with Crippen molar-refractivity contribution in [3.8, 4) is 0 Å². The van der Waals surface area contributed by atoms with Gasteiger partial charge in [-0.25, -0.2) is 4.99 Å². The average Bonchev–Trinajstić information content (AvgIpc) is 2.57. The summed E-state index contributed by atoms with van der Waals surface area (Å²) in [5, 5.41) is 3.67.